The molecule has 17 heavy (non-hydrogen) atoms. The van der Waals surface area contributed by atoms with Crippen molar-refractivity contribution in [2.45, 2.75) is 53.1 Å². The maximum Gasteiger partial charge on any atom is 0.279 e. The van der Waals surface area contributed by atoms with Crippen molar-refractivity contribution in [3.63, 3.8) is 0 Å². The maximum atomic E-state index is 12.1. The van der Waals surface area contributed by atoms with Crippen LogP contribution < -0.4 is 4.72 Å². The highest BCUT2D eigenvalue weighted by molar-refractivity contribution is 7.87. The van der Waals surface area contributed by atoms with Gasteiger partial charge in [-0.25, -0.2) is 0 Å². The second-order valence-electron chi connectivity index (χ2n) is 5.63. The highest BCUT2D eigenvalue weighted by atomic mass is 35.5. The Morgan fingerprint density at radius 3 is 2.06 bits per heavy atom. The van der Waals surface area contributed by atoms with Gasteiger partial charge in [0.25, 0.3) is 10.2 Å². The zero-order valence-corrected chi connectivity index (χ0v) is 13.2. The van der Waals surface area contributed by atoms with E-state index >= 15 is 0 Å². The average molecular weight is 285 g/mol. The number of alkyl halides is 1. The highest BCUT2D eigenvalue weighted by Crippen LogP contribution is 2.23. The number of rotatable bonds is 6. The Hall–Kier alpha value is 0.160. The van der Waals surface area contributed by atoms with Crippen LogP contribution in [0, 0.1) is 5.41 Å². The van der Waals surface area contributed by atoms with E-state index in [9.17, 15) is 8.42 Å². The van der Waals surface area contributed by atoms with Gasteiger partial charge in [0.15, 0.2) is 0 Å². The van der Waals surface area contributed by atoms with E-state index in [-0.39, 0.29) is 17.5 Å². The summed E-state index contributed by atoms with van der Waals surface area (Å²) in [4.78, 5) is 0. The lowest BCUT2D eigenvalue weighted by atomic mass is 9.86. The topological polar surface area (TPSA) is 49.4 Å². The molecule has 1 atom stereocenters. The second kappa shape index (κ2) is 6.36. The normalized spacial score (nSPS) is 15.6. The largest absolute Gasteiger partial charge is 0.279 e. The van der Waals surface area contributed by atoms with Crippen molar-refractivity contribution in [3.8, 4) is 0 Å². The molecule has 1 unspecified atom stereocenters. The third-order valence-corrected chi connectivity index (χ3v) is 4.82. The van der Waals surface area contributed by atoms with Crippen molar-refractivity contribution in [1.82, 2.24) is 9.03 Å². The zero-order chi connectivity index (χ0) is 13.9. The SMILES string of the molecule is CC(C)N(C)S(=O)(=O)NC(CCCl)C(C)(C)C. The van der Waals surface area contributed by atoms with Crippen LogP contribution in [-0.4, -0.2) is 37.7 Å². The van der Waals surface area contributed by atoms with Crippen molar-refractivity contribution in [2.75, 3.05) is 12.9 Å². The lowest BCUT2D eigenvalue weighted by Crippen LogP contribution is -2.50. The Morgan fingerprint density at radius 1 is 1.29 bits per heavy atom. The van der Waals surface area contributed by atoms with Gasteiger partial charge in [-0.15, -0.1) is 11.6 Å². The molecule has 0 aromatic rings. The predicted molar refractivity (Wildman–Crippen MR) is 73.5 cm³/mol. The third-order valence-electron chi connectivity index (χ3n) is 2.84. The number of hydrogen-bond acceptors (Lipinski definition) is 2. The summed E-state index contributed by atoms with van der Waals surface area (Å²) in [7, 11) is -1.86. The molecule has 0 aliphatic carbocycles. The number of hydrogen-bond donors (Lipinski definition) is 1. The zero-order valence-electron chi connectivity index (χ0n) is 11.6. The van der Waals surface area contributed by atoms with Gasteiger partial charge in [-0.05, 0) is 25.7 Å². The average Bonchev–Trinajstić information content (AvgIpc) is 2.14. The highest BCUT2D eigenvalue weighted by Gasteiger charge is 2.30. The molecule has 0 aromatic heterocycles. The number of nitrogens with zero attached hydrogens (tertiary/aromatic N) is 1. The van der Waals surface area contributed by atoms with E-state index in [1.54, 1.807) is 7.05 Å². The molecule has 0 saturated heterocycles. The monoisotopic (exact) mass is 284 g/mol. The summed E-state index contributed by atoms with van der Waals surface area (Å²) in [6.07, 6.45) is 0.621. The molecule has 0 radical (unpaired) electrons. The summed E-state index contributed by atoms with van der Waals surface area (Å²) in [5.41, 5.74) is -0.153. The van der Waals surface area contributed by atoms with Gasteiger partial charge in [-0.2, -0.15) is 17.4 Å². The summed E-state index contributed by atoms with van der Waals surface area (Å²) in [6, 6.07) is -0.227. The smallest absolute Gasteiger partial charge is 0.198 e. The van der Waals surface area contributed by atoms with E-state index in [0.717, 1.165) is 0 Å². The molecular formula is C11H25ClN2O2S. The minimum absolute atomic E-state index is 0.0656. The molecule has 0 spiro atoms. The molecule has 0 fully saturated rings. The van der Waals surface area contributed by atoms with E-state index in [4.69, 9.17) is 11.6 Å². The summed E-state index contributed by atoms with van der Waals surface area (Å²) < 4.78 is 28.2. The Kier molecular flexibility index (Phi) is 6.42. The van der Waals surface area contributed by atoms with Crippen LogP contribution in [0.5, 0.6) is 0 Å². The molecule has 4 nitrogen and oxygen atoms in total. The minimum atomic E-state index is -3.44. The Labute approximate surface area is 111 Å². The van der Waals surface area contributed by atoms with Crippen molar-refractivity contribution >= 4 is 21.8 Å². The number of nitrogens with one attached hydrogen (secondary N) is 1. The summed E-state index contributed by atoms with van der Waals surface area (Å²) >= 11 is 5.72. The van der Waals surface area contributed by atoms with Crippen molar-refractivity contribution in [2.24, 2.45) is 5.41 Å². The van der Waals surface area contributed by atoms with E-state index in [1.165, 1.54) is 4.31 Å². The van der Waals surface area contributed by atoms with Crippen LogP contribution in [0.4, 0.5) is 0 Å². The molecule has 0 heterocycles. The molecule has 1 N–H and O–H groups in total. The fourth-order valence-electron chi connectivity index (χ4n) is 1.32. The van der Waals surface area contributed by atoms with Crippen LogP contribution >= 0.6 is 11.6 Å². The molecular weight excluding hydrogens is 260 g/mol. The van der Waals surface area contributed by atoms with Crippen LogP contribution in [0.25, 0.3) is 0 Å². The summed E-state index contributed by atoms with van der Waals surface area (Å²) in [5, 5.41) is 0. The van der Waals surface area contributed by atoms with E-state index in [0.29, 0.717) is 12.3 Å². The van der Waals surface area contributed by atoms with E-state index in [1.807, 2.05) is 34.6 Å². The standard InChI is InChI=1S/C11H25ClN2O2S/c1-9(2)14(6)17(15,16)13-10(7-8-12)11(3,4)5/h9-10,13H,7-8H2,1-6H3. The molecule has 0 aliphatic rings. The van der Waals surface area contributed by atoms with Crippen LogP contribution in [-0.2, 0) is 10.2 Å². The first-order chi connectivity index (χ1) is 7.52. The lowest BCUT2D eigenvalue weighted by molar-refractivity contribution is 0.283. The predicted octanol–water partition coefficient (Wildman–Crippen LogP) is 2.20. The third kappa shape index (κ3) is 5.55. The molecule has 6 heteroatoms. The molecule has 0 aromatic carbocycles. The quantitative estimate of drug-likeness (QED) is 0.760. The first-order valence-electron chi connectivity index (χ1n) is 5.83. The van der Waals surface area contributed by atoms with Crippen LogP contribution in [0.2, 0.25) is 0 Å². The number of halogens is 1. The van der Waals surface area contributed by atoms with Crippen LogP contribution in [0.15, 0.2) is 0 Å². The van der Waals surface area contributed by atoms with Crippen LogP contribution in [0.1, 0.15) is 41.0 Å². The van der Waals surface area contributed by atoms with Crippen LogP contribution in [0.3, 0.4) is 0 Å². The summed E-state index contributed by atoms with van der Waals surface area (Å²) in [5.74, 6) is 0.440. The minimum Gasteiger partial charge on any atom is -0.198 e. The second-order valence-corrected chi connectivity index (χ2v) is 7.77. The lowest BCUT2D eigenvalue weighted by Gasteiger charge is -2.33. The molecule has 104 valence electrons. The van der Waals surface area contributed by atoms with Crippen molar-refractivity contribution in [1.29, 1.82) is 0 Å². The Morgan fingerprint density at radius 2 is 1.76 bits per heavy atom. The van der Waals surface area contributed by atoms with Gasteiger partial charge in [-0.3, -0.25) is 0 Å². The van der Waals surface area contributed by atoms with Crippen molar-refractivity contribution in [3.05, 3.63) is 0 Å². The van der Waals surface area contributed by atoms with Gasteiger partial charge < -0.3 is 0 Å². The van der Waals surface area contributed by atoms with Gasteiger partial charge in [0.05, 0.1) is 0 Å². The van der Waals surface area contributed by atoms with Gasteiger partial charge in [0, 0.05) is 25.0 Å². The molecule has 0 amide bonds. The molecule has 0 bridgehead atoms. The Bertz CT molecular complexity index is 323. The molecule has 0 saturated carbocycles. The van der Waals surface area contributed by atoms with Gasteiger partial charge in [0.2, 0.25) is 0 Å². The van der Waals surface area contributed by atoms with Crippen molar-refractivity contribution < 1.29 is 8.42 Å². The fraction of sp³-hybridized carbons (Fsp3) is 1.00. The first-order valence-corrected chi connectivity index (χ1v) is 7.81. The first kappa shape index (κ1) is 17.2. The maximum absolute atomic E-state index is 12.1. The van der Waals surface area contributed by atoms with Gasteiger partial charge >= 0.3 is 0 Å². The van der Waals surface area contributed by atoms with E-state index < -0.39 is 10.2 Å². The van der Waals surface area contributed by atoms with E-state index in [2.05, 4.69) is 4.72 Å². The van der Waals surface area contributed by atoms with Gasteiger partial charge in [-0.1, -0.05) is 20.8 Å². The fourth-order valence-corrected chi connectivity index (χ4v) is 3.09. The molecule has 0 aliphatic heterocycles. The van der Waals surface area contributed by atoms with Gasteiger partial charge in [0.1, 0.15) is 0 Å². The Balaban J connectivity index is 4.89. The molecule has 0 rings (SSSR count). The summed E-state index contributed by atoms with van der Waals surface area (Å²) in [6.45, 7) is 9.69.